The van der Waals surface area contributed by atoms with Crippen molar-refractivity contribution in [2.45, 2.75) is 91.3 Å². The van der Waals surface area contributed by atoms with E-state index in [-0.39, 0.29) is 72.2 Å². The van der Waals surface area contributed by atoms with E-state index >= 15 is 0 Å². The smallest absolute Gasteiger partial charge is 0.336 e. The first-order valence-corrected chi connectivity index (χ1v) is 21.3. The summed E-state index contributed by atoms with van der Waals surface area (Å²) >= 11 is 0. The molecule has 0 radical (unpaired) electrons. The van der Waals surface area contributed by atoms with Crippen molar-refractivity contribution in [2.75, 3.05) is 39.6 Å². The first-order chi connectivity index (χ1) is 28.7. The van der Waals surface area contributed by atoms with E-state index in [2.05, 4.69) is 0 Å². The van der Waals surface area contributed by atoms with Gasteiger partial charge >= 0.3 is 35.8 Å². The van der Waals surface area contributed by atoms with Gasteiger partial charge in [-0.15, -0.1) is 0 Å². The van der Waals surface area contributed by atoms with Gasteiger partial charge < -0.3 is 49.6 Å². The van der Waals surface area contributed by atoms with Gasteiger partial charge in [0, 0.05) is 11.5 Å². The van der Waals surface area contributed by atoms with Crippen molar-refractivity contribution in [3.63, 3.8) is 0 Å². The van der Waals surface area contributed by atoms with E-state index in [1.165, 1.54) is 18.2 Å². The van der Waals surface area contributed by atoms with Gasteiger partial charge in [-0.3, -0.25) is 9.59 Å². The molecule has 16 nitrogen and oxygen atoms in total. The average molecular weight is 859 g/mol. The molecule has 0 bridgehead atoms. The van der Waals surface area contributed by atoms with Crippen molar-refractivity contribution >= 4 is 35.8 Å². The molecule has 5 aliphatic rings. The predicted octanol–water partition coefficient (Wildman–Crippen LogP) is 3.16. The Balaban J connectivity index is 1.38. The Kier molecular flexibility index (Phi) is 15.1. The van der Waals surface area contributed by atoms with Gasteiger partial charge in [0.05, 0.1) is 41.8 Å². The molecule has 0 aromatic heterocycles. The molecule has 5 rings (SSSR count). The second-order valence-corrected chi connectivity index (χ2v) is 18.6. The molecule has 2 saturated carbocycles. The number of aliphatic hydroxyl groups is 4. The van der Waals surface area contributed by atoms with Crippen molar-refractivity contribution in [3.8, 4) is 0 Å². The van der Waals surface area contributed by atoms with Crippen LogP contribution < -0.4 is 0 Å². The number of cyclic esters (lactones) is 2. The predicted molar refractivity (Wildman–Crippen MR) is 215 cm³/mol. The number of fused-ring (bicyclic) bond motifs is 1. The van der Waals surface area contributed by atoms with Crippen LogP contribution in [0.3, 0.4) is 0 Å². The summed E-state index contributed by atoms with van der Waals surface area (Å²) in [6.45, 7) is 8.02. The van der Waals surface area contributed by atoms with E-state index in [1.54, 1.807) is 0 Å². The van der Waals surface area contributed by atoms with Crippen LogP contribution in [0.15, 0.2) is 46.1 Å². The third-order valence-corrected chi connectivity index (χ3v) is 14.0. The molecule has 338 valence electrons. The Hall–Kier alpha value is -4.38. The Labute approximate surface area is 355 Å². The lowest BCUT2D eigenvalue weighted by Crippen LogP contribution is -2.55. The zero-order chi connectivity index (χ0) is 45.1. The second-order valence-electron chi connectivity index (χ2n) is 18.6. The molecule has 3 aliphatic carbocycles. The van der Waals surface area contributed by atoms with Crippen molar-refractivity contribution in [2.24, 2.45) is 65.1 Å². The van der Waals surface area contributed by atoms with Crippen LogP contribution in [-0.2, 0) is 47.7 Å². The fraction of sp³-hybridized carbons (Fsp3) is 0.689. The molecule has 0 aromatic rings. The number of rotatable bonds is 15. The maximum absolute atomic E-state index is 13.7. The number of hydrogen-bond donors (Lipinski definition) is 6. The highest BCUT2D eigenvalue weighted by Gasteiger charge is 2.56. The number of aliphatic carboxylic acids is 2. The minimum absolute atomic E-state index is 0.00200. The van der Waals surface area contributed by atoms with Crippen LogP contribution in [0.2, 0.25) is 0 Å². The summed E-state index contributed by atoms with van der Waals surface area (Å²) in [5, 5.41) is 65.1. The van der Waals surface area contributed by atoms with E-state index in [0.29, 0.717) is 18.4 Å². The molecule has 61 heavy (non-hydrogen) atoms. The Morgan fingerprint density at radius 3 is 1.89 bits per heavy atom. The zero-order valence-corrected chi connectivity index (χ0v) is 35.8. The van der Waals surface area contributed by atoms with Crippen molar-refractivity contribution in [1.29, 1.82) is 0 Å². The molecule has 2 fully saturated rings. The van der Waals surface area contributed by atoms with Crippen molar-refractivity contribution in [1.82, 2.24) is 0 Å². The van der Waals surface area contributed by atoms with Crippen LogP contribution in [0.1, 0.15) is 80.1 Å². The van der Waals surface area contributed by atoms with Gasteiger partial charge in [0.15, 0.2) is 0 Å². The van der Waals surface area contributed by atoms with Gasteiger partial charge in [0.25, 0.3) is 0 Å². The molecular formula is C45H62O16. The standard InChI is InChI=1S/C45H62O16/c1-22(2)29-8-7-25-18-58-42(54)35(25)32(29)13-26(16-46)40(52)60-20-44(56)11-9-30(23(3)4)33(36(44)39(50)51)14-27(17-47)41(53)61-21-45(57)12-10-31(24(5)6)34-15-28(38(48)49)19-59-43(55)37(34)45/h13-15,22-24,29-34,36-37,46-47,56-57H,7-12,16-21H2,1-6H3,(H,48,49)(H,50,51)/b26-13+,27-14+/t29-,30-,31-,32-,33-,34-,36-,37-,44-,45-/m1/s1. The topological polar surface area (TPSA) is 261 Å². The second kappa shape index (κ2) is 19.3. The van der Waals surface area contributed by atoms with Crippen molar-refractivity contribution < 1.29 is 78.4 Å². The Morgan fingerprint density at radius 2 is 1.33 bits per heavy atom. The molecule has 6 N–H and O–H groups in total. The summed E-state index contributed by atoms with van der Waals surface area (Å²) in [4.78, 5) is 78.3. The van der Waals surface area contributed by atoms with Crippen LogP contribution >= 0.6 is 0 Å². The maximum Gasteiger partial charge on any atom is 0.336 e. The quantitative estimate of drug-likeness (QED) is 0.0785. The minimum atomic E-state index is -2.17. The summed E-state index contributed by atoms with van der Waals surface area (Å²) in [5.41, 5.74) is -3.51. The number of hydrogen-bond acceptors (Lipinski definition) is 14. The molecule has 0 spiro atoms. The number of allylic oxidation sites excluding steroid dienone is 3. The first-order valence-electron chi connectivity index (χ1n) is 21.3. The first kappa shape index (κ1) is 47.7. The van der Waals surface area contributed by atoms with Crippen LogP contribution in [0.4, 0.5) is 0 Å². The van der Waals surface area contributed by atoms with Crippen molar-refractivity contribution in [3.05, 3.63) is 46.1 Å². The van der Waals surface area contributed by atoms with Gasteiger partial charge in [-0.25, -0.2) is 19.2 Å². The number of carbonyl (C=O) groups is 6. The van der Waals surface area contributed by atoms with Gasteiger partial charge in [0.2, 0.25) is 0 Å². The van der Waals surface area contributed by atoms with E-state index in [4.69, 9.17) is 18.9 Å². The number of esters is 4. The lowest BCUT2D eigenvalue weighted by molar-refractivity contribution is -0.181. The highest BCUT2D eigenvalue weighted by Crippen LogP contribution is 2.49. The molecular weight excluding hydrogens is 796 g/mol. The lowest BCUT2D eigenvalue weighted by Gasteiger charge is -2.46. The Bertz CT molecular complexity index is 1850. The molecule has 0 amide bonds. The fourth-order valence-electron chi connectivity index (χ4n) is 10.6. The average Bonchev–Trinajstić information content (AvgIpc) is 3.47. The van der Waals surface area contributed by atoms with Gasteiger partial charge in [-0.1, -0.05) is 59.8 Å². The highest BCUT2D eigenvalue weighted by atomic mass is 16.6. The molecule has 0 aromatic carbocycles. The molecule has 2 aliphatic heterocycles. The lowest BCUT2D eigenvalue weighted by atomic mass is 9.61. The summed E-state index contributed by atoms with van der Waals surface area (Å²) in [6.07, 6.45) is 6.09. The molecule has 16 heteroatoms. The third-order valence-electron chi connectivity index (χ3n) is 14.0. The van der Waals surface area contributed by atoms with Gasteiger partial charge in [0.1, 0.15) is 37.6 Å². The summed E-state index contributed by atoms with van der Waals surface area (Å²) in [6, 6.07) is 0. The van der Waals surface area contributed by atoms with E-state index in [1.807, 2.05) is 41.5 Å². The summed E-state index contributed by atoms with van der Waals surface area (Å²) in [7, 11) is 0. The number of carbonyl (C=O) groups excluding carboxylic acids is 4. The monoisotopic (exact) mass is 858 g/mol. The third kappa shape index (κ3) is 9.97. The number of ether oxygens (including phenoxy) is 4. The molecule has 0 unspecified atom stereocenters. The normalized spacial score (nSPS) is 33.4. The zero-order valence-electron chi connectivity index (χ0n) is 35.8. The highest BCUT2D eigenvalue weighted by molar-refractivity contribution is 5.94. The Morgan fingerprint density at radius 1 is 0.770 bits per heavy atom. The van der Waals surface area contributed by atoms with E-state index in [9.17, 15) is 59.4 Å². The minimum Gasteiger partial charge on any atom is -0.481 e. The van der Waals surface area contributed by atoms with E-state index in [0.717, 1.165) is 12.0 Å². The molecule has 2 heterocycles. The maximum atomic E-state index is 13.7. The van der Waals surface area contributed by atoms with Gasteiger partial charge in [-0.2, -0.15) is 0 Å². The fourth-order valence-corrected chi connectivity index (χ4v) is 10.6. The largest absolute Gasteiger partial charge is 0.481 e. The SMILES string of the molecule is CC(C)[C@H]1CC[C@@](O)(COC(=O)/C(=C/[C@@H]2[C@@H](C(C)C)CC[C@@](O)(COC(=O)/C(=C/[C@H]3C4=C(CC[C@@H]3C(C)C)COC4=O)CO)[C@H]2C(=O)O)CO)[C@H]2C(=O)OCC(C(=O)O)=C[C@H]12. The van der Waals surface area contributed by atoms with Crippen LogP contribution in [-0.4, -0.2) is 117 Å². The summed E-state index contributed by atoms with van der Waals surface area (Å²) < 4.78 is 21.7. The molecule has 10 atom stereocenters. The number of carboxylic acid groups (broad SMARTS) is 2. The van der Waals surface area contributed by atoms with Gasteiger partial charge in [-0.05, 0) is 91.4 Å². The van der Waals surface area contributed by atoms with Crippen LogP contribution in [0.5, 0.6) is 0 Å². The number of carboxylic acids is 2. The van der Waals surface area contributed by atoms with Crippen LogP contribution in [0, 0.1) is 65.1 Å². The molecule has 0 saturated heterocycles. The van der Waals surface area contributed by atoms with E-state index < -0.39 is 116 Å². The summed E-state index contributed by atoms with van der Waals surface area (Å²) in [5.74, 6) is -12.2. The number of aliphatic hydroxyl groups excluding tert-OH is 2. The van der Waals surface area contributed by atoms with Crippen LogP contribution in [0.25, 0.3) is 0 Å².